The molecule has 3 heteroatoms. The fourth-order valence-electron chi connectivity index (χ4n) is 2.59. The minimum absolute atomic E-state index is 0.0723. The van der Waals surface area contributed by atoms with Crippen LogP contribution < -0.4 is 0 Å². The molecular formula is C22H27NOS. The molecule has 2 aromatic rings. The zero-order valence-corrected chi connectivity index (χ0v) is 16.6. The van der Waals surface area contributed by atoms with Gasteiger partial charge >= 0.3 is 0 Å². The van der Waals surface area contributed by atoms with Crippen LogP contribution in [0.15, 0.2) is 71.1 Å². The third-order valence-corrected chi connectivity index (χ3v) is 5.23. The van der Waals surface area contributed by atoms with Gasteiger partial charge in [0, 0.05) is 10.3 Å². The van der Waals surface area contributed by atoms with Crippen LogP contribution in [0.4, 0.5) is 0 Å². The van der Waals surface area contributed by atoms with Gasteiger partial charge in [0.05, 0.1) is 11.1 Å². The van der Waals surface area contributed by atoms with Gasteiger partial charge in [-0.3, -0.25) is 9.69 Å². The van der Waals surface area contributed by atoms with Crippen molar-refractivity contribution in [3.8, 4) is 0 Å². The SMILES string of the molecule is C=C(Sc1ccccc1C)N(C(=O)C(C)(C)C)[C@@H](C)c1ccccc1. The van der Waals surface area contributed by atoms with Crippen molar-refractivity contribution >= 4 is 17.7 Å². The van der Waals surface area contributed by atoms with Crippen molar-refractivity contribution in [3.05, 3.63) is 77.3 Å². The summed E-state index contributed by atoms with van der Waals surface area (Å²) in [5.41, 5.74) is 1.81. The Hall–Kier alpha value is -2.00. The first-order valence-electron chi connectivity index (χ1n) is 8.53. The van der Waals surface area contributed by atoms with Crippen LogP contribution in [-0.4, -0.2) is 10.8 Å². The van der Waals surface area contributed by atoms with E-state index in [2.05, 4.69) is 44.7 Å². The molecule has 1 amide bonds. The molecule has 1 atom stereocenters. The molecule has 0 saturated heterocycles. The van der Waals surface area contributed by atoms with Crippen LogP contribution in [0, 0.1) is 12.3 Å². The van der Waals surface area contributed by atoms with E-state index >= 15 is 0 Å². The first kappa shape index (κ1) is 19.3. The Labute approximate surface area is 155 Å². The summed E-state index contributed by atoms with van der Waals surface area (Å²) in [6.07, 6.45) is 0. The van der Waals surface area contributed by atoms with Gasteiger partial charge in [-0.2, -0.15) is 0 Å². The summed E-state index contributed by atoms with van der Waals surface area (Å²) in [6, 6.07) is 18.2. The maximum absolute atomic E-state index is 13.1. The van der Waals surface area contributed by atoms with Crippen molar-refractivity contribution in [2.24, 2.45) is 5.41 Å². The summed E-state index contributed by atoms with van der Waals surface area (Å²) in [5, 5.41) is 0.755. The van der Waals surface area contributed by atoms with E-state index in [0.29, 0.717) is 0 Å². The average Bonchev–Trinajstić information content (AvgIpc) is 2.57. The second-order valence-corrected chi connectivity index (χ2v) is 8.39. The van der Waals surface area contributed by atoms with Gasteiger partial charge in [-0.15, -0.1) is 0 Å². The van der Waals surface area contributed by atoms with Gasteiger partial charge in [-0.05, 0) is 31.0 Å². The van der Waals surface area contributed by atoms with Crippen molar-refractivity contribution in [2.75, 3.05) is 0 Å². The summed E-state index contributed by atoms with van der Waals surface area (Å²) in [5.74, 6) is 0.0786. The number of amides is 1. The Morgan fingerprint density at radius 2 is 1.60 bits per heavy atom. The molecule has 25 heavy (non-hydrogen) atoms. The van der Waals surface area contributed by atoms with E-state index in [-0.39, 0.29) is 11.9 Å². The number of nitrogens with zero attached hydrogens (tertiary/aromatic N) is 1. The molecule has 0 saturated carbocycles. The van der Waals surface area contributed by atoms with Gasteiger partial charge in [0.25, 0.3) is 0 Å². The number of aryl methyl sites for hydroxylation is 1. The standard InChI is InChI=1S/C22H27NOS/c1-16-12-10-11-15-20(16)25-18(3)23(21(24)22(4,5)6)17(2)19-13-8-7-9-14-19/h7-15,17H,3H2,1-2,4-6H3/t17-/m0/s1. The lowest BCUT2D eigenvalue weighted by molar-refractivity contribution is -0.138. The minimum atomic E-state index is -0.474. The molecule has 0 heterocycles. The summed E-state index contributed by atoms with van der Waals surface area (Å²) in [7, 11) is 0. The largest absolute Gasteiger partial charge is 0.299 e. The molecular weight excluding hydrogens is 326 g/mol. The van der Waals surface area contributed by atoms with E-state index in [1.807, 2.05) is 56.0 Å². The van der Waals surface area contributed by atoms with Gasteiger partial charge in [0.1, 0.15) is 0 Å². The lowest BCUT2D eigenvalue weighted by Gasteiger charge is -2.35. The van der Waals surface area contributed by atoms with Crippen LogP contribution in [-0.2, 0) is 4.79 Å². The number of benzene rings is 2. The van der Waals surface area contributed by atoms with E-state index in [4.69, 9.17) is 0 Å². The van der Waals surface area contributed by atoms with Gasteiger partial charge < -0.3 is 0 Å². The molecule has 0 aliphatic rings. The van der Waals surface area contributed by atoms with Crippen LogP contribution >= 0.6 is 11.8 Å². The summed E-state index contributed by atoms with van der Waals surface area (Å²) < 4.78 is 0. The number of carbonyl (C=O) groups excluding carboxylic acids is 1. The lowest BCUT2D eigenvalue weighted by Crippen LogP contribution is -2.39. The molecule has 2 aromatic carbocycles. The zero-order valence-electron chi connectivity index (χ0n) is 15.7. The summed E-state index contributed by atoms with van der Waals surface area (Å²) in [6.45, 7) is 14.2. The first-order chi connectivity index (χ1) is 11.7. The Bertz CT molecular complexity index is 746. The molecule has 0 fully saturated rings. The Balaban J connectivity index is 2.36. The van der Waals surface area contributed by atoms with Crippen molar-refractivity contribution in [3.63, 3.8) is 0 Å². The molecule has 0 bridgehead atoms. The molecule has 0 N–H and O–H groups in total. The number of hydrogen-bond acceptors (Lipinski definition) is 2. The normalized spacial score (nSPS) is 12.5. The maximum Gasteiger partial charge on any atom is 0.233 e. The number of carbonyl (C=O) groups is 1. The quantitative estimate of drug-likeness (QED) is 0.597. The molecule has 0 aliphatic carbocycles. The van der Waals surface area contributed by atoms with Crippen LogP contribution in [0.25, 0.3) is 0 Å². The van der Waals surface area contributed by atoms with Gasteiger partial charge in [-0.1, -0.05) is 87.6 Å². The van der Waals surface area contributed by atoms with Crippen LogP contribution in [0.3, 0.4) is 0 Å². The fraction of sp³-hybridized carbons (Fsp3) is 0.318. The maximum atomic E-state index is 13.1. The summed E-state index contributed by atoms with van der Waals surface area (Å²) >= 11 is 1.56. The average molecular weight is 354 g/mol. The lowest BCUT2D eigenvalue weighted by atomic mass is 9.93. The highest BCUT2D eigenvalue weighted by atomic mass is 32.2. The van der Waals surface area contributed by atoms with Crippen molar-refractivity contribution in [1.29, 1.82) is 0 Å². The van der Waals surface area contributed by atoms with E-state index in [1.54, 1.807) is 11.8 Å². The molecule has 0 radical (unpaired) electrons. The minimum Gasteiger partial charge on any atom is -0.299 e. The van der Waals surface area contributed by atoms with E-state index in [9.17, 15) is 4.79 Å². The van der Waals surface area contributed by atoms with Crippen molar-refractivity contribution < 1.29 is 4.79 Å². The highest BCUT2D eigenvalue weighted by molar-refractivity contribution is 8.03. The second kappa shape index (κ2) is 7.92. The second-order valence-electron chi connectivity index (χ2n) is 7.27. The van der Waals surface area contributed by atoms with Crippen molar-refractivity contribution in [1.82, 2.24) is 4.90 Å². The molecule has 0 spiro atoms. The highest BCUT2D eigenvalue weighted by Gasteiger charge is 2.33. The molecule has 132 valence electrons. The molecule has 2 nitrogen and oxygen atoms in total. The Morgan fingerprint density at radius 1 is 1.04 bits per heavy atom. The van der Waals surface area contributed by atoms with Gasteiger partial charge in [0.15, 0.2) is 0 Å². The first-order valence-corrected chi connectivity index (χ1v) is 9.34. The molecule has 2 rings (SSSR count). The number of hydrogen-bond donors (Lipinski definition) is 0. The topological polar surface area (TPSA) is 20.3 Å². The summed E-state index contributed by atoms with van der Waals surface area (Å²) in [4.78, 5) is 16.1. The predicted octanol–water partition coefficient (Wildman–Crippen LogP) is 6.19. The van der Waals surface area contributed by atoms with Gasteiger partial charge in [-0.25, -0.2) is 0 Å². The Morgan fingerprint density at radius 3 is 2.16 bits per heavy atom. The van der Waals surface area contributed by atoms with E-state index in [1.165, 1.54) is 5.56 Å². The van der Waals surface area contributed by atoms with E-state index in [0.717, 1.165) is 15.5 Å². The fourth-order valence-corrected chi connectivity index (χ4v) is 3.56. The van der Waals surface area contributed by atoms with Crippen LogP contribution in [0.2, 0.25) is 0 Å². The zero-order chi connectivity index (χ0) is 18.6. The number of thioether (sulfide) groups is 1. The van der Waals surface area contributed by atoms with Crippen LogP contribution in [0.1, 0.15) is 44.9 Å². The molecule has 0 unspecified atom stereocenters. The smallest absolute Gasteiger partial charge is 0.233 e. The third-order valence-electron chi connectivity index (χ3n) is 4.12. The van der Waals surface area contributed by atoms with Gasteiger partial charge in [0.2, 0.25) is 5.91 Å². The monoisotopic (exact) mass is 353 g/mol. The van der Waals surface area contributed by atoms with E-state index < -0.39 is 5.41 Å². The highest BCUT2D eigenvalue weighted by Crippen LogP contribution is 2.37. The number of rotatable bonds is 5. The van der Waals surface area contributed by atoms with Crippen LogP contribution in [0.5, 0.6) is 0 Å². The van der Waals surface area contributed by atoms with Crippen molar-refractivity contribution in [2.45, 2.75) is 45.6 Å². The predicted molar refractivity (Wildman–Crippen MR) is 107 cm³/mol. The Kier molecular flexibility index (Phi) is 6.12. The third kappa shape index (κ3) is 4.76. The molecule has 0 aromatic heterocycles. The molecule has 0 aliphatic heterocycles.